The fourth-order valence-electron chi connectivity index (χ4n) is 1.91. The molecule has 0 aliphatic rings. The minimum absolute atomic E-state index is 0.0565. The van der Waals surface area contributed by atoms with Crippen LogP contribution in [0.25, 0.3) is 0 Å². The quantitative estimate of drug-likeness (QED) is 0.788. The number of aliphatic hydroxyl groups is 1. The molecule has 0 spiro atoms. The summed E-state index contributed by atoms with van der Waals surface area (Å²) in [6.07, 6.45) is 0.606. The third-order valence-electron chi connectivity index (χ3n) is 2.79. The molecule has 0 unspecified atom stereocenters. The summed E-state index contributed by atoms with van der Waals surface area (Å²) in [7, 11) is 0. The summed E-state index contributed by atoms with van der Waals surface area (Å²) in [6.45, 7) is 0.723. The van der Waals surface area contributed by atoms with E-state index in [2.05, 4.69) is 24.3 Å². The van der Waals surface area contributed by atoms with Crippen LogP contribution < -0.4 is 0 Å². The van der Waals surface area contributed by atoms with E-state index in [1.165, 1.54) is 0 Å². The second-order valence-corrected chi connectivity index (χ2v) is 4.15. The summed E-state index contributed by atoms with van der Waals surface area (Å²) in [5.74, 6) is 0. The summed E-state index contributed by atoms with van der Waals surface area (Å²) >= 11 is 0. The van der Waals surface area contributed by atoms with E-state index in [1.807, 2.05) is 36.4 Å². The molecule has 1 N–H and O–H groups in total. The van der Waals surface area contributed by atoms with E-state index in [0.29, 0.717) is 13.0 Å². The zero-order valence-corrected chi connectivity index (χ0v) is 10.3. The average molecular weight is 242 g/mol. The average Bonchev–Trinajstić information content (AvgIpc) is 2.46. The van der Waals surface area contributed by atoms with Gasteiger partial charge in [-0.2, -0.15) is 0 Å². The van der Waals surface area contributed by atoms with Crippen molar-refractivity contribution in [3.05, 3.63) is 71.8 Å². The minimum Gasteiger partial charge on any atom is -0.396 e. The molecule has 2 rings (SSSR count). The van der Waals surface area contributed by atoms with Crippen LogP contribution in [0.2, 0.25) is 0 Å². The third kappa shape index (κ3) is 3.42. The fraction of sp³-hybridized carbons (Fsp3) is 0.250. The Bertz CT molecular complexity index is 400. The van der Waals surface area contributed by atoms with Gasteiger partial charge in [-0.25, -0.2) is 0 Å². The van der Waals surface area contributed by atoms with Crippen molar-refractivity contribution in [1.29, 1.82) is 0 Å². The van der Waals surface area contributed by atoms with E-state index in [0.717, 1.165) is 11.1 Å². The SMILES string of the molecule is OCCCOC(c1ccccc1)c1ccccc1. The summed E-state index contributed by atoms with van der Waals surface area (Å²) in [4.78, 5) is 0. The highest BCUT2D eigenvalue weighted by Crippen LogP contribution is 2.25. The number of hydrogen-bond acceptors (Lipinski definition) is 2. The molecule has 2 nitrogen and oxygen atoms in total. The van der Waals surface area contributed by atoms with Crippen molar-refractivity contribution in [2.45, 2.75) is 12.5 Å². The highest BCUT2D eigenvalue weighted by molar-refractivity contribution is 5.29. The topological polar surface area (TPSA) is 29.5 Å². The maximum atomic E-state index is 8.84. The Balaban J connectivity index is 2.18. The van der Waals surface area contributed by atoms with Gasteiger partial charge in [0.15, 0.2) is 0 Å². The van der Waals surface area contributed by atoms with Crippen molar-refractivity contribution in [2.24, 2.45) is 0 Å². The van der Waals surface area contributed by atoms with Crippen molar-refractivity contribution < 1.29 is 9.84 Å². The van der Waals surface area contributed by atoms with Gasteiger partial charge in [-0.05, 0) is 17.5 Å². The Hall–Kier alpha value is -1.64. The lowest BCUT2D eigenvalue weighted by Gasteiger charge is -2.18. The van der Waals surface area contributed by atoms with Crippen LogP contribution in [0.1, 0.15) is 23.7 Å². The largest absolute Gasteiger partial charge is 0.396 e. The van der Waals surface area contributed by atoms with Crippen molar-refractivity contribution >= 4 is 0 Å². The molecule has 2 aromatic carbocycles. The predicted octanol–water partition coefficient (Wildman–Crippen LogP) is 3.18. The molecule has 0 radical (unpaired) electrons. The first-order valence-corrected chi connectivity index (χ1v) is 6.24. The molecular formula is C16H18O2. The molecule has 0 amide bonds. The van der Waals surface area contributed by atoms with Crippen LogP contribution >= 0.6 is 0 Å². The van der Waals surface area contributed by atoms with E-state index in [9.17, 15) is 0 Å². The van der Waals surface area contributed by atoms with E-state index in [-0.39, 0.29) is 12.7 Å². The summed E-state index contributed by atoms with van der Waals surface area (Å²) in [6, 6.07) is 20.3. The first kappa shape index (κ1) is 12.8. The third-order valence-corrected chi connectivity index (χ3v) is 2.79. The summed E-state index contributed by atoms with van der Waals surface area (Å²) in [5.41, 5.74) is 2.28. The first-order valence-electron chi connectivity index (χ1n) is 6.24. The lowest BCUT2D eigenvalue weighted by molar-refractivity contribution is 0.0683. The van der Waals surface area contributed by atoms with E-state index in [4.69, 9.17) is 9.84 Å². The Morgan fingerprint density at radius 1 is 0.833 bits per heavy atom. The summed E-state index contributed by atoms with van der Waals surface area (Å²) < 4.78 is 5.89. The second-order valence-electron chi connectivity index (χ2n) is 4.15. The molecule has 0 atom stereocenters. The zero-order valence-electron chi connectivity index (χ0n) is 10.3. The number of aliphatic hydroxyl groups excluding tert-OH is 1. The van der Waals surface area contributed by atoms with Gasteiger partial charge in [-0.15, -0.1) is 0 Å². The molecule has 0 fully saturated rings. The van der Waals surface area contributed by atoms with Crippen LogP contribution in [0.5, 0.6) is 0 Å². The number of benzene rings is 2. The fourth-order valence-corrected chi connectivity index (χ4v) is 1.91. The summed E-state index contributed by atoms with van der Waals surface area (Å²) in [5, 5.41) is 8.84. The zero-order chi connectivity index (χ0) is 12.6. The first-order chi connectivity index (χ1) is 8.92. The van der Waals surface area contributed by atoms with Gasteiger partial charge in [0.1, 0.15) is 6.10 Å². The van der Waals surface area contributed by atoms with Crippen LogP contribution in [-0.2, 0) is 4.74 Å². The van der Waals surface area contributed by atoms with Gasteiger partial charge < -0.3 is 9.84 Å². The second kappa shape index (κ2) is 6.94. The highest BCUT2D eigenvalue weighted by atomic mass is 16.5. The van der Waals surface area contributed by atoms with E-state index < -0.39 is 0 Å². The van der Waals surface area contributed by atoms with Gasteiger partial charge in [0.2, 0.25) is 0 Å². The molecule has 2 heteroatoms. The molecule has 0 saturated heterocycles. The highest BCUT2D eigenvalue weighted by Gasteiger charge is 2.13. The molecule has 0 heterocycles. The lowest BCUT2D eigenvalue weighted by atomic mass is 10.0. The van der Waals surface area contributed by atoms with Gasteiger partial charge >= 0.3 is 0 Å². The van der Waals surface area contributed by atoms with Crippen molar-refractivity contribution in [1.82, 2.24) is 0 Å². The van der Waals surface area contributed by atoms with Crippen LogP contribution in [-0.4, -0.2) is 18.3 Å². The molecule has 0 aliphatic heterocycles. The Morgan fingerprint density at radius 3 is 1.78 bits per heavy atom. The monoisotopic (exact) mass is 242 g/mol. The molecular weight excluding hydrogens is 224 g/mol. The Kier molecular flexibility index (Phi) is 4.94. The normalized spacial score (nSPS) is 10.8. The van der Waals surface area contributed by atoms with Gasteiger partial charge in [-0.1, -0.05) is 60.7 Å². The lowest BCUT2D eigenvalue weighted by Crippen LogP contribution is -2.08. The molecule has 0 aromatic heterocycles. The van der Waals surface area contributed by atoms with E-state index in [1.54, 1.807) is 0 Å². The molecule has 2 aromatic rings. The molecule has 0 aliphatic carbocycles. The smallest absolute Gasteiger partial charge is 0.108 e. The van der Waals surface area contributed by atoms with Crippen LogP contribution in [0.3, 0.4) is 0 Å². The maximum absolute atomic E-state index is 8.84. The van der Waals surface area contributed by atoms with Crippen LogP contribution in [0.4, 0.5) is 0 Å². The van der Waals surface area contributed by atoms with Crippen molar-refractivity contribution in [3.63, 3.8) is 0 Å². The molecule has 0 saturated carbocycles. The van der Waals surface area contributed by atoms with Crippen LogP contribution in [0, 0.1) is 0 Å². The number of rotatable bonds is 6. The van der Waals surface area contributed by atoms with Crippen molar-refractivity contribution in [2.75, 3.05) is 13.2 Å². The Morgan fingerprint density at radius 2 is 1.33 bits per heavy atom. The minimum atomic E-state index is -0.0565. The van der Waals surface area contributed by atoms with Crippen LogP contribution in [0.15, 0.2) is 60.7 Å². The standard InChI is InChI=1S/C16H18O2/c17-12-7-13-18-16(14-8-3-1-4-9-14)15-10-5-2-6-11-15/h1-6,8-11,16-17H,7,12-13H2. The van der Waals surface area contributed by atoms with Gasteiger partial charge in [0.05, 0.1) is 6.61 Å². The number of ether oxygens (including phenoxy) is 1. The predicted molar refractivity (Wildman–Crippen MR) is 72.4 cm³/mol. The molecule has 94 valence electrons. The number of hydrogen-bond donors (Lipinski definition) is 1. The molecule has 18 heavy (non-hydrogen) atoms. The maximum Gasteiger partial charge on any atom is 0.108 e. The Labute approximate surface area is 108 Å². The van der Waals surface area contributed by atoms with E-state index >= 15 is 0 Å². The van der Waals surface area contributed by atoms with Gasteiger partial charge in [-0.3, -0.25) is 0 Å². The van der Waals surface area contributed by atoms with Crippen molar-refractivity contribution in [3.8, 4) is 0 Å². The van der Waals surface area contributed by atoms with Gasteiger partial charge in [0.25, 0.3) is 0 Å². The molecule has 0 bridgehead atoms. The van der Waals surface area contributed by atoms with Gasteiger partial charge in [0, 0.05) is 6.61 Å².